The summed E-state index contributed by atoms with van der Waals surface area (Å²) in [7, 11) is 1.65. The molecule has 2 aliphatic rings. The van der Waals surface area contributed by atoms with Crippen LogP contribution in [-0.2, 0) is 0 Å². The van der Waals surface area contributed by atoms with Gasteiger partial charge in [0, 0.05) is 49.1 Å². The summed E-state index contributed by atoms with van der Waals surface area (Å²) in [4.78, 5) is 22.6. The van der Waals surface area contributed by atoms with Gasteiger partial charge in [0.2, 0.25) is 0 Å². The van der Waals surface area contributed by atoms with Gasteiger partial charge >= 0.3 is 0 Å². The highest BCUT2D eigenvalue weighted by molar-refractivity contribution is 5.95. The molecule has 33 heavy (non-hydrogen) atoms. The van der Waals surface area contributed by atoms with E-state index in [2.05, 4.69) is 11.8 Å². The molecule has 4 heterocycles. The third kappa shape index (κ3) is 4.04. The van der Waals surface area contributed by atoms with Gasteiger partial charge in [-0.1, -0.05) is 0 Å². The number of carbonyl (C=O) groups excluding carboxylic acids is 1. The molecule has 0 saturated carbocycles. The molecule has 1 amide bonds. The van der Waals surface area contributed by atoms with Gasteiger partial charge in [-0.25, -0.2) is 9.50 Å². The molecule has 3 aromatic rings. The average Bonchev–Trinajstić information content (AvgIpc) is 3.43. The number of likely N-dealkylation sites (tertiary alicyclic amines) is 1. The molecule has 2 fully saturated rings. The molecule has 2 aliphatic heterocycles. The minimum atomic E-state index is -0.0562. The number of rotatable bonds is 4. The van der Waals surface area contributed by atoms with Crippen LogP contribution in [-0.4, -0.2) is 58.2 Å². The Morgan fingerprint density at radius 1 is 1.12 bits per heavy atom. The maximum absolute atomic E-state index is 13.5. The Morgan fingerprint density at radius 2 is 1.97 bits per heavy atom. The number of aromatic nitrogens is 3. The Hall–Kier alpha value is -3.13. The molecule has 8 nitrogen and oxygen atoms in total. The zero-order valence-electron chi connectivity index (χ0n) is 19.6. The number of hydrogen-bond acceptors (Lipinski definition) is 6. The molecule has 1 aromatic carbocycles. The predicted molar refractivity (Wildman–Crippen MR) is 128 cm³/mol. The molecule has 8 heteroatoms. The van der Waals surface area contributed by atoms with Gasteiger partial charge in [-0.15, -0.1) is 0 Å². The monoisotopic (exact) mass is 448 g/mol. The largest absolute Gasteiger partial charge is 0.496 e. The van der Waals surface area contributed by atoms with Gasteiger partial charge in [0.25, 0.3) is 5.91 Å². The van der Waals surface area contributed by atoms with Crippen LogP contribution in [0.1, 0.15) is 58.9 Å². The Morgan fingerprint density at radius 3 is 2.70 bits per heavy atom. The van der Waals surface area contributed by atoms with E-state index in [1.54, 1.807) is 7.11 Å². The number of ether oxygens (including phenoxy) is 1. The number of benzene rings is 1. The first kappa shape index (κ1) is 21.7. The van der Waals surface area contributed by atoms with Crippen molar-refractivity contribution in [1.29, 1.82) is 0 Å². The molecular weight excluding hydrogens is 416 g/mol. The summed E-state index contributed by atoms with van der Waals surface area (Å²) in [6.45, 7) is 6.51. The molecule has 0 spiro atoms. The Kier molecular flexibility index (Phi) is 5.70. The van der Waals surface area contributed by atoms with Crippen LogP contribution in [0.2, 0.25) is 0 Å². The van der Waals surface area contributed by atoms with Crippen molar-refractivity contribution in [2.75, 3.05) is 31.6 Å². The molecule has 2 aromatic heterocycles. The minimum absolute atomic E-state index is 0.0402. The number of nitrogens with two attached hydrogens (primary N) is 1. The van der Waals surface area contributed by atoms with Gasteiger partial charge in [0.15, 0.2) is 5.65 Å². The molecular formula is C25H32N6O2. The van der Waals surface area contributed by atoms with Gasteiger partial charge in [0.1, 0.15) is 11.6 Å². The zero-order valence-corrected chi connectivity index (χ0v) is 19.6. The fraction of sp³-hybridized carbons (Fsp3) is 0.480. The van der Waals surface area contributed by atoms with E-state index in [0.29, 0.717) is 5.56 Å². The van der Waals surface area contributed by atoms with Crippen molar-refractivity contribution in [2.24, 2.45) is 5.73 Å². The maximum atomic E-state index is 13.5. The number of hydrogen-bond donors (Lipinski definition) is 1. The lowest BCUT2D eigenvalue weighted by Gasteiger charge is -2.35. The lowest BCUT2D eigenvalue weighted by Crippen LogP contribution is -2.38. The van der Waals surface area contributed by atoms with Crippen molar-refractivity contribution in [3.63, 3.8) is 0 Å². The van der Waals surface area contributed by atoms with Crippen molar-refractivity contribution < 1.29 is 9.53 Å². The van der Waals surface area contributed by atoms with Crippen LogP contribution in [0.15, 0.2) is 30.5 Å². The summed E-state index contributed by atoms with van der Waals surface area (Å²) in [5.74, 6) is 1.81. The predicted octanol–water partition coefficient (Wildman–Crippen LogP) is 3.26. The molecule has 174 valence electrons. The van der Waals surface area contributed by atoms with Gasteiger partial charge in [-0.2, -0.15) is 5.10 Å². The Labute approximate surface area is 194 Å². The first-order chi connectivity index (χ1) is 15.9. The number of nitrogens with zero attached hydrogens (tertiary/aromatic N) is 5. The van der Waals surface area contributed by atoms with Crippen molar-refractivity contribution in [1.82, 2.24) is 19.5 Å². The van der Waals surface area contributed by atoms with Crippen LogP contribution in [0.5, 0.6) is 5.75 Å². The van der Waals surface area contributed by atoms with E-state index in [9.17, 15) is 4.79 Å². The number of amides is 1. The summed E-state index contributed by atoms with van der Waals surface area (Å²) in [5, 5.41) is 4.85. The number of anilines is 1. The molecule has 0 unspecified atom stereocenters. The Balaban J connectivity index is 1.45. The minimum Gasteiger partial charge on any atom is -0.496 e. The highest BCUT2D eigenvalue weighted by Gasteiger charge is 2.31. The van der Waals surface area contributed by atoms with E-state index >= 15 is 0 Å². The quantitative estimate of drug-likeness (QED) is 0.659. The second-order valence-corrected chi connectivity index (χ2v) is 9.31. The van der Waals surface area contributed by atoms with Crippen molar-refractivity contribution in [2.45, 2.75) is 51.6 Å². The fourth-order valence-corrected chi connectivity index (χ4v) is 5.14. The first-order valence-electron chi connectivity index (χ1n) is 11.8. The van der Waals surface area contributed by atoms with Crippen LogP contribution < -0.4 is 15.4 Å². The van der Waals surface area contributed by atoms with Crippen LogP contribution >= 0.6 is 0 Å². The lowest BCUT2D eigenvalue weighted by molar-refractivity contribution is 0.0605. The summed E-state index contributed by atoms with van der Waals surface area (Å²) < 4.78 is 7.20. The maximum Gasteiger partial charge on any atom is 0.254 e. The summed E-state index contributed by atoms with van der Waals surface area (Å²) in [6.07, 6.45) is 6.00. The topological polar surface area (TPSA) is 89.0 Å². The van der Waals surface area contributed by atoms with E-state index in [1.165, 1.54) is 0 Å². The molecule has 0 radical (unpaired) electrons. The molecule has 5 rings (SSSR count). The van der Waals surface area contributed by atoms with E-state index < -0.39 is 0 Å². The van der Waals surface area contributed by atoms with E-state index in [4.69, 9.17) is 20.6 Å². The standard InChI is InChI=1S/C25H32N6O2/c1-16-12-18(7-8-22(16)33-3)25(32)30-10-5-4-6-21(30)20-13-23-27-24(17(2)14-31(23)28-20)29-11-9-19(26)15-29/h7-8,12-14,19,21H,4-6,9-11,15,26H2,1-3H3/t19-,21-/m0/s1. The number of piperidine rings is 1. The fourth-order valence-electron chi connectivity index (χ4n) is 5.14. The van der Waals surface area contributed by atoms with E-state index in [1.807, 2.05) is 46.8 Å². The highest BCUT2D eigenvalue weighted by atomic mass is 16.5. The van der Waals surface area contributed by atoms with Gasteiger partial charge < -0.3 is 20.3 Å². The first-order valence-corrected chi connectivity index (χ1v) is 11.8. The van der Waals surface area contributed by atoms with Crippen molar-refractivity contribution in [3.8, 4) is 5.75 Å². The normalized spacial score (nSPS) is 21.1. The molecule has 0 bridgehead atoms. The van der Waals surface area contributed by atoms with Gasteiger partial charge in [-0.05, 0) is 63.3 Å². The van der Waals surface area contributed by atoms with Crippen LogP contribution in [0.25, 0.3) is 5.65 Å². The van der Waals surface area contributed by atoms with Crippen LogP contribution in [0.3, 0.4) is 0 Å². The molecule has 2 atom stereocenters. The summed E-state index contributed by atoms with van der Waals surface area (Å²) in [5.41, 5.74) is 10.5. The average molecular weight is 449 g/mol. The second-order valence-electron chi connectivity index (χ2n) is 9.31. The van der Waals surface area contributed by atoms with Crippen LogP contribution in [0, 0.1) is 13.8 Å². The summed E-state index contributed by atoms with van der Waals surface area (Å²) >= 11 is 0. The van der Waals surface area contributed by atoms with Crippen molar-refractivity contribution in [3.05, 3.63) is 52.8 Å². The molecule has 2 N–H and O–H groups in total. The second kappa shape index (κ2) is 8.67. The van der Waals surface area contributed by atoms with E-state index in [0.717, 1.165) is 79.4 Å². The third-order valence-corrected chi connectivity index (χ3v) is 6.90. The summed E-state index contributed by atoms with van der Waals surface area (Å²) in [6, 6.07) is 7.81. The van der Waals surface area contributed by atoms with Crippen LogP contribution in [0.4, 0.5) is 5.82 Å². The number of aryl methyl sites for hydroxylation is 2. The zero-order chi connectivity index (χ0) is 23.1. The van der Waals surface area contributed by atoms with E-state index in [-0.39, 0.29) is 18.0 Å². The van der Waals surface area contributed by atoms with Gasteiger partial charge in [-0.3, -0.25) is 4.79 Å². The van der Waals surface area contributed by atoms with Gasteiger partial charge in [0.05, 0.1) is 18.8 Å². The van der Waals surface area contributed by atoms with Crippen molar-refractivity contribution >= 4 is 17.4 Å². The SMILES string of the molecule is COc1ccc(C(=O)N2CCCC[C@H]2c2cc3nc(N4CC[C@H](N)C4)c(C)cn3n2)cc1C. The Bertz CT molecular complexity index is 1190. The third-order valence-electron chi connectivity index (χ3n) is 6.90. The number of carbonyl (C=O) groups is 1. The molecule has 0 aliphatic carbocycles. The smallest absolute Gasteiger partial charge is 0.254 e. The number of fused-ring (bicyclic) bond motifs is 1. The lowest BCUT2D eigenvalue weighted by atomic mass is 9.98. The number of methoxy groups -OCH3 is 1. The highest BCUT2D eigenvalue weighted by Crippen LogP contribution is 2.33. The molecule has 2 saturated heterocycles.